The Morgan fingerprint density at radius 3 is 2.55 bits per heavy atom. The van der Waals surface area contributed by atoms with Gasteiger partial charge in [-0.2, -0.15) is 0 Å². The van der Waals surface area contributed by atoms with Crippen LogP contribution in [0.5, 0.6) is 11.5 Å². The van der Waals surface area contributed by atoms with Crippen LogP contribution in [0.2, 0.25) is 0 Å². The summed E-state index contributed by atoms with van der Waals surface area (Å²) in [6.07, 6.45) is -1.91. The highest BCUT2D eigenvalue weighted by molar-refractivity contribution is 5.73. The topological polar surface area (TPSA) is 38.8 Å². The molecule has 3 rings (SSSR count). The van der Waals surface area contributed by atoms with Crippen LogP contribution in [0.3, 0.4) is 0 Å². The molecule has 0 saturated carbocycles. The van der Waals surface area contributed by atoms with Gasteiger partial charge in [-0.1, -0.05) is 6.07 Å². The number of ether oxygens (including phenoxy) is 2. The van der Waals surface area contributed by atoms with Crippen molar-refractivity contribution in [3.05, 3.63) is 23.8 Å². The number of nitrogens with zero attached hydrogens (tertiary/aromatic N) is 1. The number of benzene rings is 1. The van der Waals surface area contributed by atoms with E-state index in [1.807, 2.05) is 0 Å². The van der Waals surface area contributed by atoms with Gasteiger partial charge in [-0.3, -0.25) is 4.79 Å². The van der Waals surface area contributed by atoms with Gasteiger partial charge >= 0.3 is 6.29 Å². The highest BCUT2D eigenvalue weighted by Gasteiger charge is 2.43. The van der Waals surface area contributed by atoms with E-state index in [0.717, 1.165) is 18.4 Å². The summed E-state index contributed by atoms with van der Waals surface area (Å²) in [6, 6.07) is 4.92. The summed E-state index contributed by atoms with van der Waals surface area (Å²) < 4.78 is 34.8. The van der Waals surface area contributed by atoms with Gasteiger partial charge in [-0.05, 0) is 36.5 Å². The number of alkyl halides is 2. The molecule has 108 valence electrons. The summed E-state index contributed by atoms with van der Waals surface area (Å²) in [7, 11) is 0. The Bertz CT molecular complexity index is 539. The number of carbonyl (C=O) groups excluding carboxylic acids is 1. The molecule has 4 nitrogen and oxygen atoms in total. The molecule has 0 spiro atoms. The Hall–Kier alpha value is -1.85. The number of hydrogen-bond donors (Lipinski definition) is 0. The van der Waals surface area contributed by atoms with E-state index in [4.69, 9.17) is 0 Å². The summed E-state index contributed by atoms with van der Waals surface area (Å²) in [6.45, 7) is 2.96. The van der Waals surface area contributed by atoms with Crippen molar-refractivity contribution in [2.24, 2.45) is 0 Å². The molecule has 1 aromatic rings. The lowest BCUT2D eigenvalue weighted by molar-refractivity contribution is -0.286. The molecule has 0 radical (unpaired) electrons. The maximum absolute atomic E-state index is 13.0. The van der Waals surface area contributed by atoms with Crippen molar-refractivity contribution >= 4 is 5.91 Å². The predicted molar refractivity (Wildman–Crippen MR) is 66.9 cm³/mol. The van der Waals surface area contributed by atoms with Crippen LogP contribution in [-0.4, -0.2) is 30.2 Å². The third-order valence-corrected chi connectivity index (χ3v) is 3.84. The maximum atomic E-state index is 13.0. The molecule has 2 aliphatic heterocycles. The number of hydrogen-bond acceptors (Lipinski definition) is 3. The zero-order valence-corrected chi connectivity index (χ0v) is 11.1. The van der Waals surface area contributed by atoms with Gasteiger partial charge in [0.25, 0.3) is 0 Å². The summed E-state index contributed by atoms with van der Waals surface area (Å²) in [4.78, 5) is 13.1. The van der Waals surface area contributed by atoms with Crippen LogP contribution < -0.4 is 9.47 Å². The largest absolute Gasteiger partial charge is 0.586 e. The van der Waals surface area contributed by atoms with E-state index in [9.17, 15) is 13.6 Å². The average Bonchev–Trinajstić information content (AvgIpc) is 2.71. The molecule has 1 aromatic carbocycles. The normalized spacial score (nSPS) is 21.1. The predicted octanol–water partition coefficient (Wildman–Crippen LogP) is 2.73. The smallest absolute Gasteiger partial charge is 0.395 e. The van der Waals surface area contributed by atoms with Crippen LogP contribution in [0, 0.1) is 0 Å². The van der Waals surface area contributed by atoms with Crippen LogP contribution in [-0.2, 0) is 4.79 Å². The van der Waals surface area contributed by atoms with E-state index in [1.165, 1.54) is 6.07 Å². The van der Waals surface area contributed by atoms with Crippen molar-refractivity contribution < 1.29 is 23.0 Å². The van der Waals surface area contributed by atoms with Crippen molar-refractivity contribution in [3.8, 4) is 11.5 Å². The third-order valence-electron chi connectivity index (χ3n) is 3.84. The standard InChI is InChI=1S/C14H15F2NO3/c1-9(18)17-6-4-10(5-7-17)11-2-3-12-13(8-11)20-14(15,16)19-12/h2-3,8,10H,4-7H2,1H3. The molecule has 20 heavy (non-hydrogen) atoms. The Morgan fingerprint density at radius 2 is 1.90 bits per heavy atom. The fourth-order valence-corrected chi connectivity index (χ4v) is 2.75. The van der Waals surface area contributed by atoms with E-state index in [1.54, 1.807) is 24.0 Å². The van der Waals surface area contributed by atoms with Crippen molar-refractivity contribution in [2.45, 2.75) is 32.0 Å². The third kappa shape index (κ3) is 2.42. The van der Waals surface area contributed by atoms with Gasteiger partial charge in [0, 0.05) is 20.0 Å². The fourth-order valence-electron chi connectivity index (χ4n) is 2.75. The number of amides is 1. The highest BCUT2D eigenvalue weighted by Crippen LogP contribution is 2.43. The van der Waals surface area contributed by atoms with Crippen LogP contribution in [0.4, 0.5) is 8.78 Å². The van der Waals surface area contributed by atoms with E-state index >= 15 is 0 Å². The second-order valence-electron chi connectivity index (χ2n) is 5.15. The first-order valence-corrected chi connectivity index (χ1v) is 6.60. The van der Waals surface area contributed by atoms with Gasteiger partial charge in [0.2, 0.25) is 5.91 Å². The van der Waals surface area contributed by atoms with E-state index in [0.29, 0.717) is 13.1 Å². The summed E-state index contributed by atoms with van der Waals surface area (Å²) in [5.41, 5.74) is 0.952. The molecule has 0 N–H and O–H groups in total. The number of likely N-dealkylation sites (tertiary alicyclic amines) is 1. The molecule has 1 amide bonds. The minimum Gasteiger partial charge on any atom is -0.395 e. The van der Waals surface area contributed by atoms with Crippen LogP contribution in [0.25, 0.3) is 0 Å². The van der Waals surface area contributed by atoms with Crippen molar-refractivity contribution in [3.63, 3.8) is 0 Å². The molecule has 0 atom stereocenters. The lowest BCUT2D eigenvalue weighted by Gasteiger charge is -2.31. The van der Waals surface area contributed by atoms with E-state index in [-0.39, 0.29) is 23.3 Å². The first-order chi connectivity index (χ1) is 9.44. The van der Waals surface area contributed by atoms with Gasteiger partial charge in [-0.15, -0.1) is 8.78 Å². The van der Waals surface area contributed by atoms with Crippen LogP contribution >= 0.6 is 0 Å². The Balaban J connectivity index is 1.73. The quantitative estimate of drug-likeness (QED) is 0.795. The molecule has 0 bridgehead atoms. The average molecular weight is 283 g/mol. The Morgan fingerprint density at radius 1 is 1.25 bits per heavy atom. The summed E-state index contributed by atoms with van der Waals surface area (Å²) >= 11 is 0. The number of piperidine rings is 1. The van der Waals surface area contributed by atoms with Gasteiger partial charge in [-0.25, -0.2) is 0 Å². The van der Waals surface area contributed by atoms with Crippen LogP contribution in [0.15, 0.2) is 18.2 Å². The lowest BCUT2D eigenvalue weighted by atomic mass is 9.89. The van der Waals surface area contributed by atoms with Gasteiger partial charge in [0.05, 0.1) is 0 Å². The molecule has 2 aliphatic rings. The summed E-state index contributed by atoms with van der Waals surface area (Å²) in [5.74, 6) is 0.490. The zero-order valence-electron chi connectivity index (χ0n) is 11.1. The van der Waals surface area contributed by atoms with Crippen molar-refractivity contribution in [1.29, 1.82) is 0 Å². The molecule has 6 heteroatoms. The number of rotatable bonds is 1. The van der Waals surface area contributed by atoms with Gasteiger partial charge < -0.3 is 14.4 Å². The first kappa shape index (κ1) is 13.1. The minimum atomic E-state index is -3.57. The first-order valence-electron chi connectivity index (χ1n) is 6.60. The minimum absolute atomic E-state index is 0.0694. The number of fused-ring (bicyclic) bond motifs is 1. The Kier molecular flexibility index (Phi) is 3.03. The van der Waals surface area contributed by atoms with Crippen molar-refractivity contribution in [1.82, 2.24) is 4.90 Å². The molecule has 1 saturated heterocycles. The lowest BCUT2D eigenvalue weighted by Crippen LogP contribution is -2.36. The van der Waals surface area contributed by atoms with Crippen molar-refractivity contribution in [2.75, 3.05) is 13.1 Å². The maximum Gasteiger partial charge on any atom is 0.586 e. The molecule has 1 fully saturated rings. The highest BCUT2D eigenvalue weighted by atomic mass is 19.3. The van der Waals surface area contributed by atoms with E-state index in [2.05, 4.69) is 9.47 Å². The monoisotopic (exact) mass is 283 g/mol. The molecular formula is C14H15F2NO3. The molecule has 0 aliphatic carbocycles. The van der Waals surface area contributed by atoms with Crippen LogP contribution in [0.1, 0.15) is 31.2 Å². The molecule has 2 heterocycles. The second-order valence-corrected chi connectivity index (χ2v) is 5.15. The zero-order chi connectivity index (χ0) is 14.3. The fraction of sp³-hybridized carbons (Fsp3) is 0.500. The van der Waals surface area contributed by atoms with Gasteiger partial charge in [0.15, 0.2) is 11.5 Å². The second kappa shape index (κ2) is 4.61. The van der Waals surface area contributed by atoms with Gasteiger partial charge in [0.1, 0.15) is 0 Å². The number of halogens is 2. The molecular weight excluding hydrogens is 268 g/mol. The summed E-state index contributed by atoms with van der Waals surface area (Å²) in [5, 5.41) is 0. The SMILES string of the molecule is CC(=O)N1CCC(c2ccc3c(c2)OC(F)(F)O3)CC1. The van der Waals surface area contributed by atoms with E-state index < -0.39 is 6.29 Å². The number of carbonyl (C=O) groups is 1. The molecule has 0 aromatic heterocycles. The molecule has 0 unspecified atom stereocenters. The Labute approximate surface area is 115 Å².